The van der Waals surface area contributed by atoms with Crippen LogP contribution in [0.2, 0.25) is 0 Å². The van der Waals surface area contributed by atoms with E-state index in [1.165, 1.54) is 141 Å². The number of carbonyl (C=O) groups is 2. The highest BCUT2D eigenvalue weighted by atomic mass is 32.2. The van der Waals surface area contributed by atoms with E-state index < -0.39 is 27.0 Å². The standard InChI is InChI=1S/C44H74O7S/c1-3-5-7-9-11-13-15-17-19-21-23-25-27-29-31-33-37-50-43(45)41-36-35-40(52(47,48)49)39-42(41)44(46)51-38-34-32-30-28-26-24-22-20-18-16-14-12-10-8-6-4-2/h9-12,35-36,39H,3-8,13-34,37-38H2,1-2H3,(H,47,48,49)/b11-9+,12-10+. The number of carbonyl (C=O) groups excluding carboxylic acids is 2. The van der Waals surface area contributed by atoms with Gasteiger partial charge in [-0.2, -0.15) is 8.42 Å². The molecular weight excluding hydrogens is 673 g/mol. The number of hydrogen-bond donors (Lipinski definition) is 1. The summed E-state index contributed by atoms with van der Waals surface area (Å²) in [6.07, 6.45) is 42.3. The van der Waals surface area contributed by atoms with Gasteiger partial charge in [0.15, 0.2) is 0 Å². The van der Waals surface area contributed by atoms with E-state index in [1.54, 1.807) is 0 Å². The third kappa shape index (κ3) is 26.3. The Kier molecular flexibility index (Phi) is 30.3. The Morgan fingerprint density at radius 2 is 0.827 bits per heavy atom. The SMILES string of the molecule is CCCC/C=C/CCCCCCCCCCCCOC(=O)c1ccc(S(=O)(=O)O)cc1C(=O)OCCCCCCCCCCCC/C=C/CCCC. The van der Waals surface area contributed by atoms with Crippen molar-refractivity contribution >= 4 is 22.1 Å². The fourth-order valence-corrected chi connectivity index (χ4v) is 6.70. The van der Waals surface area contributed by atoms with Crippen molar-refractivity contribution in [2.45, 2.75) is 199 Å². The van der Waals surface area contributed by atoms with E-state index in [1.807, 2.05) is 0 Å². The van der Waals surface area contributed by atoms with Crippen LogP contribution < -0.4 is 0 Å². The summed E-state index contributed by atoms with van der Waals surface area (Å²) >= 11 is 0. The molecule has 0 aliphatic carbocycles. The highest BCUT2D eigenvalue weighted by molar-refractivity contribution is 7.85. The van der Waals surface area contributed by atoms with Crippen molar-refractivity contribution in [1.29, 1.82) is 0 Å². The van der Waals surface area contributed by atoms with E-state index >= 15 is 0 Å². The van der Waals surface area contributed by atoms with Crippen LogP contribution in [0, 0.1) is 0 Å². The molecule has 1 aromatic rings. The van der Waals surface area contributed by atoms with Gasteiger partial charge in [0.05, 0.1) is 29.2 Å². The predicted octanol–water partition coefficient (Wildman–Crippen LogP) is 13.3. The molecule has 0 saturated carbocycles. The zero-order chi connectivity index (χ0) is 38.0. The zero-order valence-electron chi connectivity index (χ0n) is 33.1. The van der Waals surface area contributed by atoms with Gasteiger partial charge in [0, 0.05) is 0 Å². The van der Waals surface area contributed by atoms with Gasteiger partial charge in [0.25, 0.3) is 10.1 Å². The molecule has 0 unspecified atom stereocenters. The minimum Gasteiger partial charge on any atom is -0.462 e. The predicted molar refractivity (Wildman–Crippen MR) is 216 cm³/mol. The first-order valence-corrected chi connectivity index (χ1v) is 22.5. The second kappa shape index (κ2) is 33.1. The largest absolute Gasteiger partial charge is 0.462 e. The summed E-state index contributed by atoms with van der Waals surface area (Å²) in [4.78, 5) is 25.3. The number of unbranched alkanes of at least 4 members (excludes halogenated alkanes) is 24. The van der Waals surface area contributed by atoms with Gasteiger partial charge in [-0.1, -0.05) is 167 Å². The summed E-state index contributed by atoms with van der Waals surface area (Å²) in [5.74, 6) is -1.50. The molecule has 1 rings (SSSR count). The maximum atomic E-state index is 12.9. The van der Waals surface area contributed by atoms with E-state index in [2.05, 4.69) is 38.2 Å². The van der Waals surface area contributed by atoms with Crippen LogP contribution in [0.1, 0.15) is 214 Å². The lowest BCUT2D eigenvalue weighted by Gasteiger charge is -2.11. The smallest absolute Gasteiger partial charge is 0.339 e. The van der Waals surface area contributed by atoms with Gasteiger partial charge in [0.1, 0.15) is 0 Å². The molecule has 1 aromatic carbocycles. The van der Waals surface area contributed by atoms with Gasteiger partial charge in [-0.3, -0.25) is 4.55 Å². The molecule has 52 heavy (non-hydrogen) atoms. The van der Waals surface area contributed by atoms with E-state index in [0.29, 0.717) is 6.42 Å². The molecule has 0 aliphatic rings. The fraction of sp³-hybridized carbons (Fsp3) is 0.727. The van der Waals surface area contributed by atoms with Crippen molar-refractivity contribution in [3.8, 4) is 0 Å². The Morgan fingerprint density at radius 3 is 1.19 bits per heavy atom. The summed E-state index contributed by atoms with van der Waals surface area (Å²) in [7, 11) is -4.56. The lowest BCUT2D eigenvalue weighted by molar-refractivity contribution is 0.0450. The second-order valence-corrected chi connectivity index (χ2v) is 15.8. The highest BCUT2D eigenvalue weighted by Crippen LogP contribution is 2.20. The first kappa shape index (κ1) is 47.6. The van der Waals surface area contributed by atoms with E-state index in [0.717, 1.165) is 50.7 Å². The quantitative estimate of drug-likeness (QED) is 0.0319. The molecule has 8 heteroatoms. The molecule has 0 radical (unpaired) electrons. The summed E-state index contributed by atoms with van der Waals surface area (Å²) in [5.41, 5.74) is -0.274. The van der Waals surface area contributed by atoms with Crippen molar-refractivity contribution in [1.82, 2.24) is 0 Å². The first-order valence-electron chi connectivity index (χ1n) is 21.1. The third-order valence-corrected chi connectivity index (χ3v) is 10.4. The molecule has 0 aliphatic heterocycles. The average Bonchev–Trinajstić information content (AvgIpc) is 3.13. The van der Waals surface area contributed by atoms with Gasteiger partial charge in [-0.05, 0) is 69.6 Å². The Hall–Kier alpha value is -2.45. The second-order valence-electron chi connectivity index (χ2n) is 14.3. The number of benzene rings is 1. The third-order valence-electron chi connectivity index (χ3n) is 9.51. The number of ether oxygens (including phenoxy) is 2. The molecule has 0 heterocycles. The minimum absolute atomic E-state index is 0.0617. The van der Waals surface area contributed by atoms with Crippen LogP contribution in [0.5, 0.6) is 0 Å². The molecule has 0 amide bonds. The molecule has 0 fully saturated rings. The Bertz CT molecular complexity index is 1200. The van der Waals surface area contributed by atoms with Crippen LogP contribution in [0.4, 0.5) is 0 Å². The van der Waals surface area contributed by atoms with Crippen molar-refractivity contribution in [2.75, 3.05) is 13.2 Å². The number of esters is 2. The summed E-state index contributed by atoms with van der Waals surface area (Å²) in [6, 6.07) is 3.30. The first-order chi connectivity index (χ1) is 25.3. The van der Waals surface area contributed by atoms with Crippen molar-refractivity contribution in [3.05, 3.63) is 53.6 Å². The highest BCUT2D eigenvalue weighted by Gasteiger charge is 2.23. The number of hydrogen-bond acceptors (Lipinski definition) is 6. The molecule has 7 nitrogen and oxygen atoms in total. The molecule has 0 atom stereocenters. The Morgan fingerprint density at radius 1 is 0.500 bits per heavy atom. The van der Waals surface area contributed by atoms with Gasteiger partial charge in [0.2, 0.25) is 0 Å². The summed E-state index contributed by atoms with van der Waals surface area (Å²) < 4.78 is 43.9. The molecule has 1 N–H and O–H groups in total. The minimum atomic E-state index is -4.56. The molecule has 0 saturated heterocycles. The van der Waals surface area contributed by atoms with Crippen LogP contribution in [-0.4, -0.2) is 38.1 Å². The fourth-order valence-electron chi connectivity index (χ4n) is 6.19. The van der Waals surface area contributed by atoms with Crippen LogP contribution >= 0.6 is 0 Å². The van der Waals surface area contributed by atoms with Crippen molar-refractivity contribution in [2.24, 2.45) is 0 Å². The Labute approximate surface area is 318 Å². The monoisotopic (exact) mass is 747 g/mol. The normalized spacial score (nSPS) is 11.9. The Balaban J connectivity index is 2.24. The topological polar surface area (TPSA) is 107 Å². The van der Waals surface area contributed by atoms with Crippen LogP contribution in [0.3, 0.4) is 0 Å². The molecule has 0 aromatic heterocycles. The van der Waals surface area contributed by atoms with Gasteiger partial charge < -0.3 is 9.47 Å². The summed E-state index contributed by atoms with van der Waals surface area (Å²) in [5, 5.41) is 0. The van der Waals surface area contributed by atoms with Crippen LogP contribution in [0.15, 0.2) is 47.4 Å². The van der Waals surface area contributed by atoms with Gasteiger partial charge in [-0.25, -0.2) is 9.59 Å². The van der Waals surface area contributed by atoms with Crippen LogP contribution in [-0.2, 0) is 19.6 Å². The zero-order valence-corrected chi connectivity index (χ0v) is 33.9. The van der Waals surface area contributed by atoms with E-state index in [9.17, 15) is 22.6 Å². The van der Waals surface area contributed by atoms with E-state index in [-0.39, 0.29) is 24.3 Å². The number of allylic oxidation sites excluding steroid dienone is 4. The maximum Gasteiger partial charge on any atom is 0.339 e. The molecular formula is C44H74O7S. The molecule has 298 valence electrons. The molecule has 0 bridgehead atoms. The molecule has 0 spiro atoms. The maximum absolute atomic E-state index is 12.9. The van der Waals surface area contributed by atoms with Crippen LogP contribution in [0.25, 0.3) is 0 Å². The summed E-state index contributed by atoms with van der Waals surface area (Å²) in [6.45, 7) is 4.85. The van der Waals surface area contributed by atoms with E-state index in [4.69, 9.17) is 9.47 Å². The lowest BCUT2D eigenvalue weighted by atomic mass is 10.1. The number of rotatable bonds is 35. The lowest BCUT2D eigenvalue weighted by Crippen LogP contribution is -2.16. The van der Waals surface area contributed by atoms with Gasteiger partial charge >= 0.3 is 11.9 Å². The average molecular weight is 747 g/mol. The van der Waals surface area contributed by atoms with Crippen molar-refractivity contribution < 1.29 is 32.0 Å². The van der Waals surface area contributed by atoms with Gasteiger partial charge in [-0.15, -0.1) is 0 Å². The van der Waals surface area contributed by atoms with Crippen molar-refractivity contribution in [3.63, 3.8) is 0 Å².